The van der Waals surface area contributed by atoms with Crippen LogP contribution in [0.1, 0.15) is 26.0 Å². The number of aryl methyl sites for hydroxylation is 1. The van der Waals surface area contributed by atoms with Gasteiger partial charge in [0.15, 0.2) is 0 Å². The van der Waals surface area contributed by atoms with Crippen molar-refractivity contribution >= 4 is 5.91 Å². The second-order valence-corrected chi connectivity index (χ2v) is 6.54. The molecular formula is C17H27N3O2. The first-order chi connectivity index (χ1) is 10.5. The summed E-state index contributed by atoms with van der Waals surface area (Å²) in [6.45, 7) is 9.17. The van der Waals surface area contributed by atoms with Gasteiger partial charge in [-0.25, -0.2) is 0 Å². The lowest BCUT2D eigenvalue weighted by atomic mass is 9.90. The van der Waals surface area contributed by atoms with Gasteiger partial charge >= 0.3 is 0 Å². The van der Waals surface area contributed by atoms with Gasteiger partial charge < -0.3 is 15.4 Å². The van der Waals surface area contributed by atoms with E-state index in [-0.39, 0.29) is 11.8 Å². The fourth-order valence-electron chi connectivity index (χ4n) is 2.56. The average Bonchev–Trinajstić information content (AvgIpc) is 2.52. The molecule has 1 amide bonds. The van der Waals surface area contributed by atoms with Crippen LogP contribution in [-0.2, 0) is 4.79 Å². The Morgan fingerprint density at radius 1 is 1.45 bits per heavy atom. The number of aromatic nitrogens is 1. The van der Waals surface area contributed by atoms with Crippen molar-refractivity contribution in [1.29, 1.82) is 0 Å². The Labute approximate surface area is 132 Å². The van der Waals surface area contributed by atoms with E-state index >= 15 is 0 Å². The quantitative estimate of drug-likeness (QED) is 0.841. The van der Waals surface area contributed by atoms with Crippen LogP contribution >= 0.6 is 0 Å². The first-order valence-corrected chi connectivity index (χ1v) is 8.08. The van der Waals surface area contributed by atoms with Crippen molar-refractivity contribution in [2.75, 3.05) is 26.2 Å². The summed E-state index contributed by atoms with van der Waals surface area (Å²) in [4.78, 5) is 16.4. The predicted octanol–water partition coefficient (Wildman–Crippen LogP) is 1.77. The van der Waals surface area contributed by atoms with Gasteiger partial charge in [0, 0.05) is 31.2 Å². The number of nitrogens with zero attached hydrogens (tertiary/aromatic N) is 1. The maximum absolute atomic E-state index is 12.2. The van der Waals surface area contributed by atoms with Crippen molar-refractivity contribution in [3.05, 3.63) is 24.0 Å². The monoisotopic (exact) mass is 305 g/mol. The van der Waals surface area contributed by atoms with Gasteiger partial charge in [0.05, 0.1) is 18.7 Å². The molecule has 0 spiro atoms. The molecular weight excluding hydrogens is 278 g/mol. The molecule has 5 nitrogen and oxygen atoms in total. The Morgan fingerprint density at radius 2 is 2.27 bits per heavy atom. The number of pyridine rings is 1. The Balaban J connectivity index is 1.77. The normalized spacial score (nSPS) is 21.6. The van der Waals surface area contributed by atoms with Gasteiger partial charge in [0.25, 0.3) is 0 Å². The average molecular weight is 305 g/mol. The third kappa shape index (κ3) is 5.30. The highest BCUT2D eigenvalue weighted by molar-refractivity contribution is 5.79. The van der Waals surface area contributed by atoms with E-state index in [4.69, 9.17) is 4.74 Å². The fourth-order valence-corrected chi connectivity index (χ4v) is 2.56. The number of hydrogen-bond donors (Lipinski definition) is 2. The summed E-state index contributed by atoms with van der Waals surface area (Å²) in [5.41, 5.74) is 0.980. The number of amides is 1. The highest BCUT2D eigenvalue weighted by atomic mass is 16.5. The molecule has 0 aliphatic carbocycles. The molecule has 2 atom stereocenters. The summed E-state index contributed by atoms with van der Waals surface area (Å²) < 4.78 is 5.79. The Kier molecular flexibility index (Phi) is 6.19. The van der Waals surface area contributed by atoms with E-state index in [9.17, 15) is 4.79 Å². The van der Waals surface area contributed by atoms with Gasteiger partial charge in [-0.3, -0.25) is 9.78 Å². The standard InChI is InChI=1S/C17H27N3O2/c1-12(2)7-20-17(21)15-6-14(8-18-9-15)11-22-16-5-4-13(3)19-10-16/h4-5,10,12,14-15,18H,6-9,11H2,1-3H3,(H,20,21)/t14-,15+/m0/s1. The van der Waals surface area contributed by atoms with E-state index < -0.39 is 0 Å². The third-order valence-electron chi connectivity index (χ3n) is 3.87. The molecule has 1 aliphatic rings. The number of carbonyl (C=O) groups is 1. The molecule has 0 saturated carbocycles. The molecule has 0 unspecified atom stereocenters. The SMILES string of the molecule is Cc1ccc(OC[C@@H]2CNC[C@H](C(=O)NCC(C)C)C2)cn1. The molecule has 0 bridgehead atoms. The molecule has 1 aromatic rings. The molecule has 1 fully saturated rings. The molecule has 5 heteroatoms. The lowest BCUT2D eigenvalue weighted by molar-refractivity contribution is -0.126. The minimum atomic E-state index is 0.0391. The molecule has 22 heavy (non-hydrogen) atoms. The third-order valence-corrected chi connectivity index (χ3v) is 3.87. The number of rotatable bonds is 6. The summed E-state index contributed by atoms with van der Waals surface area (Å²) in [5.74, 6) is 1.82. The zero-order valence-electron chi connectivity index (χ0n) is 13.8. The van der Waals surface area contributed by atoms with Crippen molar-refractivity contribution in [1.82, 2.24) is 15.6 Å². The van der Waals surface area contributed by atoms with Crippen LogP contribution in [0, 0.1) is 24.7 Å². The van der Waals surface area contributed by atoms with Crippen LogP contribution in [0.3, 0.4) is 0 Å². The zero-order valence-corrected chi connectivity index (χ0v) is 13.8. The van der Waals surface area contributed by atoms with Gasteiger partial charge in [-0.05, 0) is 31.4 Å². The summed E-state index contributed by atoms with van der Waals surface area (Å²) in [5, 5.41) is 6.37. The fraction of sp³-hybridized carbons (Fsp3) is 0.647. The van der Waals surface area contributed by atoms with E-state index in [2.05, 4.69) is 29.5 Å². The Morgan fingerprint density at radius 3 is 2.95 bits per heavy atom. The minimum Gasteiger partial charge on any atom is -0.492 e. The predicted molar refractivity (Wildman–Crippen MR) is 86.8 cm³/mol. The van der Waals surface area contributed by atoms with Crippen molar-refractivity contribution in [3.63, 3.8) is 0 Å². The first-order valence-electron chi connectivity index (χ1n) is 8.08. The van der Waals surface area contributed by atoms with E-state index in [1.165, 1.54) is 0 Å². The molecule has 1 saturated heterocycles. The van der Waals surface area contributed by atoms with E-state index in [1.807, 2.05) is 19.1 Å². The Bertz CT molecular complexity index is 473. The van der Waals surface area contributed by atoms with Gasteiger partial charge in [-0.1, -0.05) is 13.8 Å². The van der Waals surface area contributed by atoms with Gasteiger partial charge in [0.2, 0.25) is 5.91 Å². The molecule has 1 aromatic heterocycles. The van der Waals surface area contributed by atoms with Crippen molar-refractivity contribution < 1.29 is 9.53 Å². The van der Waals surface area contributed by atoms with Crippen LogP contribution in [0.15, 0.2) is 18.3 Å². The second kappa shape index (κ2) is 8.13. The van der Waals surface area contributed by atoms with Crippen LogP contribution < -0.4 is 15.4 Å². The summed E-state index contributed by atoms with van der Waals surface area (Å²) in [6.07, 6.45) is 2.62. The summed E-state index contributed by atoms with van der Waals surface area (Å²) in [7, 11) is 0. The molecule has 122 valence electrons. The van der Waals surface area contributed by atoms with Crippen LogP contribution in [0.2, 0.25) is 0 Å². The largest absolute Gasteiger partial charge is 0.492 e. The highest BCUT2D eigenvalue weighted by Crippen LogP contribution is 2.19. The van der Waals surface area contributed by atoms with Crippen molar-refractivity contribution in [2.24, 2.45) is 17.8 Å². The topological polar surface area (TPSA) is 63.2 Å². The van der Waals surface area contributed by atoms with Crippen molar-refractivity contribution in [2.45, 2.75) is 27.2 Å². The molecule has 2 heterocycles. The maximum atomic E-state index is 12.2. The molecule has 0 radical (unpaired) electrons. The second-order valence-electron chi connectivity index (χ2n) is 6.54. The molecule has 2 rings (SSSR count). The van der Waals surface area contributed by atoms with Crippen LogP contribution in [0.5, 0.6) is 5.75 Å². The smallest absolute Gasteiger partial charge is 0.224 e. The van der Waals surface area contributed by atoms with Gasteiger partial charge in [0.1, 0.15) is 5.75 Å². The zero-order chi connectivity index (χ0) is 15.9. The van der Waals surface area contributed by atoms with Crippen molar-refractivity contribution in [3.8, 4) is 5.75 Å². The number of piperidine rings is 1. The van der Waals surface area contributed by atoms with E-state index in [0.29, 0.717) is 18.4 Å². The minimum absolute atomic E-state index is 0.0391. The molecule has 0 aromatic carbocycles. The number of ether oxygens (including phenoxy) is 1. The lowest BCUT2D eigenvalue weighted by Crippen LogP contribution is -2.46. The molecule has 2 N–H and O–H groups in total. The molecule has 1 aliphatic heterocycles. The maximum Gasteiger partial charge on any atom is 0.224 e. The lowest BCUT2D eigenvalue weighted by Gasteiger charge is -2.29. The highest BCUT2D eigenvalue weighted by Gasteiger charge is 2.27. The van der Waals surface area contributed by atoms with Crippen LogP contribution in [0.4, 0.5) is 0 Å². The number of carbonyl (C=O) groups excluding carboxylic acids is 1. The first kappa shape index (κ1) is 16.7. The van der Waals surface area contributed by atoms with E-state index in [0.717, 1.165) is 37.5 Å². The van der Waals surface area contributed by atoms with Crippen LogP contribution in [-0.4, -0.2) is 37.1 Å². The Hall–Kier alpha value is -1.62. The van der Waals surface area contributed by atoms with E-state index in [1.54, 1.807) is 6.20 Å². The summed E-state index contributed by atoms with van der Waals surface area (Å²) >= 11 is 0. The van der Waals surface area contributed by atoms with Crippen LogP contribution in [0.25, 0.3) is 0 Å². The number of hydrogen-bond acceptors (Lipinski definition) is 4. The summed E-state index contributed by atoms with van der Waals surface area (Å²) in [6, 6.07) is 3.88. The van der Waals surface area contributed by atoms with Gasteiger partial charge in [-0.2, -0.15) is 0 Å². The van der Waals surface area contributed by atoms with Gasteiger partial charge in [-0.15, -0.1) is 0 Å². The number of nitrogens with one attached hydrogen (secondary N) is 2.